The molecule has 1 atom stereocenters. The van der Waals surface area contributed by atoms with Crippen molar-refractivity contribution in [3.05, 3.63) is 58.7 Å². The Bertz CT molecular complexity index is 1410. The van der Waals surface area contributed by atoms with Gasteiger partial charge in [-0.1, -0.05) is 12.1 Å². The first kappa shape index (κ1) is 27.6. The highest BCUT2D eigenvalue weighted by Gasteiger charge is 2.37. The molecule has 10 heteroatoms. The number of nitrogens with zero attached hydrogens (tertiary/aromatic N) is 3. The van der Waals surface area contributed by atoms with Gasteiger partial charge in [0.15, 0.2) is 9.84 Å². The predicted molar refractivity (Wildman–Crippen MR) is 156 cm³/mol. The second-order valence-electron chi connectivity index (χ2n) is 11.4. The third-order valence-corrected chi connectivity index (χ3v) is 11.8. The summed E-state index contributed by atoms with van der Waals surface area (Å²) in [7, 11) is -3.20. The number of nitrogens with one attached hydrogen (secondary N) is 1. The van der Waals surface area contributed by atoms with Gasteiger partial charge in [-0.25, -0.2) is 13.4 Å². The molecule has 1 aromatic carbocycles. The number of aromatic nitrogens is 2. The van der Waals surface area contributed by atoms with Crippen LogP contribution < -0.4 is 0 Å². The van der Waals surface area contributed by atoms with Crippen LogP contribution in [0.2, 0.25) is 0 Å². The normalized spacial score (nSPS) is 20.1. The van der Waals surface area contributed by atoms with Crippen LogP contribution in [0.15, 0.2) is 47.5 Å². The summed E-state index contributed by atoms with van der Waals surface area (Å²) in [6, 6.07) is 11.9. The van der Waals surface area contributed by atoms with Crippen molar-refractivity contribution in [2.75, 3.05) is 39.4 Å². The summed E-state index contributed by atoms with van der Waals surface area (Å²) in [6.07, 6.45) is 6.61. The van der Waals surface area contributed by atoms with Crippen LogP contribution in [0.1, 0.15) is 61.1 Å². The van der Waals surface area contributed by atoms with Gasteiger partial charge < -0.3 is 14.6 Å². The molecule has 3 aromatic rings. The van der Waals surface area contributed by atoms with Crippen LogP contribution >= 0.6 is 11.3 Å². The number of piperazine rings is 1. The van der Waals surface area contributed by atoms with Crippen molar-refractivity contribution in [3.63, 3.8) is 0 Å². The Morgan fingerprint density at radius 1 is 1.05 bits per heavy atom. The van der Waals surface area contributed by atoms with E-state index < -0.39 is 9.84 Å². The number of hydrogen-bond acceptors (Lipinski definition) is 7. The molecule has 8 nitrogen and oxygen atoms in total. The third kappa shape index (κ3) is 6.20. The van der Waals surface area contributed by atoms with Crippen molar-refractivity contribution < 1.29 is 17.9 Å². The minimum atomic E-state index is -3.20. The van der Waals surface area contributed by atoms with Gasteiger partial charge in [0.05, 0.1) is 15.8 Å². The van der Waals surface area contributed by atoms with Crippen LogP contribution in [-0.4, -0.2) is 78.7 Å². The van der Waals surface area contributed by atoms with Gasteiger partial charge in [0.1, 0.15) is 5.01 Å². The first-order chi connectivity index (χ1) is 19.4. The number of aromatic amines is 1. The number of carbonyl (C=O) groups is 1. The molecule has 1 amide bonds. The van der Waals surface area contributed by atoms with E-state index in [4.69, 9.17) is 9.72 Å². The number of rotatable bonds is 9. The molecule has 2 aliphatic heterocycles. The number of amides is 1. The smallest absolute Gasteiger partial charge is 0.219 e. The van der Waals surface area contributed by atoms with E-state index in [2.05, 4.69) is 22.0 Å². The Hall–Kier alpha value is -2.53. The van der Waals surface area contributed by atoms with Gasteiger partial charge >= 0.3 is 0 Å². The lowest BCUT2D eigenvalue weighted by Crippen LogP contribution is -2.47. The molecule has 2 aromatic heterocycles. The zero-order chi connectivity index (χ0) is 27.7. The van der Waals surface area contributed by atoms with E-state index in [1.165, 1.54) is 4.88 Å². The van der Waals surface area contributed by atoms with Crippen molar-refractivity contribution in [1.82, 2.24) is 19.8 Å². The minimum Gasteiger partial charge on any atom is -0.381 e. The molecule has 1 aliphatic carbocycles. The maximum absolute atomic E-state index is 12.7. The van der Waals surface area contributed by atoms with Crippen LogP contribution in [0.25, 0.3) is 10.7 Å². The number of hydrogen-bond donors (Lipinski definition) is 1. The summed E-state index contributed by atoms with van der Waals surface area (Å²) in [5.41, 5.74) is 3.29. The molecule has 1 N–H and O–H groups in total. The highest BCUT2D eigenvalue weighted by molar-refractivity contribution is 7.92. The lowest BCUT2D eigenvalue weighted by molar-refractivity contribution is -0.130. The SMILES string of the molecule is CC(=O)N1CCN(Cc2cnc(-c3ccc(C(CC4CCOCC4)c4ccc(S(=O)(=O)C5CC5)cc4)[nH]3)s2)CC1. The average molecular weight is 583 g/mol. The van der Waals surface area contributed by atoms with E-state index in [0.29, 0.717) is 10.8 Å². The lowest BCUT2D eigenvalue weighted by Gasteiger charge is -2.33. The number of H-pyrrole nitrogens is 1. The third-order valence-electron chi connectivity index (χ3n) is 8.55. The molecule has 4 heterocycles. The summed E-state index contributed by atoms with van der Waals surface area (Å²) in [4.78, 5) is 26.0. The highest BCUT2D eigenvalue weighted by atomic mass is 32.2. The van der Waals surface area contributed by atoms with Crippen molar-refractivity contribution in [1.29, 1.82) is 0 Å². The summed E-state index contributed by atoms with van der Waals surface area (Å²) >= 11 is 1.71. The first-order valence-electron chi connectivity index (χ1n) is 14.4. The van der Waals surface area contributed by atoms with Gasteiger partial charge in [-0.3, -0.25) is 9.69 Å². The van der Waals surface area contributed by atoms with Crippen LogP contribution in [0, 0.1) is 5.92 Å². The van der Waals surface area contributed by atoms with Crippen LogP contribution in [0.3, 0.4) is 0 Å². The quantitative estimate of drug-likeness (QED) is 0.394. The molecular formula is C30H38N4O4S2. The fourth-order valence-corrected chi connectivity index (χ4v) is 8.50. The first-order valence-corrected chi connectivity index (χ1v) is 16.8. The maximum Gasteiger partial charge on any atom is 0.219 e. The van der Waals surface area contributed by atoms with Gasteiger partial charge in [0.2, 0.25) is 5.91 Å². The van der Waals surface area contributed by atoms with Crippen LogP contribution in [0.4, 0.5) is 0 Å². The molecule has 1 unspecified atom stereocenters. The zero-order valence-corrected chi connectivity index (χ0v) is 24.7. The molecule has 0 bridgehead atoms. The van der Waals surface area contributed by atoms with Gasteiger partial charge in [0, 0.05) is 75.5 Å². The molecule has 214 valence electrons. The van der Waals surface area contributed by atoms with Crippen molar-refractivity contribution >= 4 is 27.1 Å². The molecule has 6 rings (SSSR count). The summed E-state index contributed by atoms with van der Waals surface area (Å²) < 4.78 is 31.1. The number of ether oxygens (including phenoxy) is 1. The Kier molecular flexibility index (Phi) is 8.12. The van der Waals surface area contributed by atoms with E-state index in [9.17, 15) is 13.2 Å². The van der Waals surface area contributed by atoms with Crippen LogP contribution in [0.5, 0.6) is 0 Å². The van der Waals surface area contributed by atoms with E-state index in [1.807, 2.05) is 23.2 Å². The average Bonchev–Trinajstić information content (AvgIpc) is 3.56. The molecule has 3 aliphatic rings. The maximum atomic E-state index is 12.7. The summed E-state index contributed by atoms with van der Waals surface area (Å²) in [5, 5.41) is 0.773. The molecular weight excluding hydrogens is 544 g/mol. The van der Waals surface area contributed by atoms with Crippen LogP contribution in [-0.2, 0) is 25.9 Å². The number of sulfone groups is 1. The molecule has 0 radical (unpaired) electrons. The Morgan fingerprint density at radius 2 is 1.77 bits per heavy atom. The van der Waals surface area contributed by atoms with Crippen molar-refractivity contribution in [2.45, 2.75) is 61.6 Å². The lowest BCUT2D eigenvalue weighted by atomic mass is 9.83. The van der Waals surface area contributed by atoms with Crippen molar-refractivity contribution in [2.24, 2.45) is 5.92 Å². The van der Waals surface area contributed by atoms with E-state index >= 15 is 0 Å². The zero-order valence-electron chi connectivity index (χ0n) is 23.0. The predicted octanol–water partition coefficient (Wildman–Crippen LogP) is 4.69. The molecule has 1 saturated carbocycles. The Morgan fingerprint density at radius 3 is 2.45 bits per heavy atom. The van der Waals surface area contributed by atoms with Gasteiger partial charge in [-0.2, -0.15) is 0 Å². The molecule has 0 spiro atoms. The second-order valence-corrected chi connectivity index (χ2v) is 14.7. The highest BCUT2D eigenvalue weighted by Crippen LogP contribution is 2.38. The Labute approximate surface area is 240 Å². The number of thiazole rings is 1. The topological polar surface area (TPSA) is 95.6 Å². The minimum absolute atomic E-state index is 0.145. The summed E-state index contributed by atoms with van der Waals surface area (Å²) in [6.45, 7) is 7.42. The Balaban J connectivity index is 1.18. The molecule has 2 saturated heterocycles. The molecule has 40 heavy (non-hydrogen) atoms. The van der Waals surface area contributed by atoms with E-state index in [0.717, 1.165) is 100 Å². The number of carbonyl (C=O) groups excluding carboxylic acids is 1. The largest absolute Gasteiger partial charge is 0.381 e. The van der Waals surface area contributed by atoms with Gasteiger partial charge in [0.25, 0.3) is 0 Å². The van der Waals surface area contributed by atoms with Gasteiger partial charge in [-0.05, 0) is 67.9 Å². The monoisotopic (exact) mass is 582 g/mol. The standard InChI is InChI=1S/C30H38N4O4S2/c1-21(35)34-14-12-33(13-15-34)20-24-19-31-30(39-24)29-9-8-28(32-29)27(18-22-10-16-38-17-11-22)23-2-4-25(5-3-23)40(36,37)26-6-7-26/h2-5,8-9,19,22,26-27,32H,6-7,10-18,20H2,1H3. The number of benzene rings is 1. The summed E-state index contributed by atoms with van der Waals surface area (Å²) in [5.74, 6) is 0.860. The second kappa shape index (κ2) is 11.8. The van der Waals surface area contributed by atoms with Gasteiger partial charge in [-0.15, -0.1) is 11.3 Å². The fourth-order valence-electron chi connectivity index (χ4n) is 5.91. The fraction of sp³-hybridized carbons (Fsp3) is 0.533. The van der Waals surface area contributed by atoms with Crippen molar-refractivity contribution in [3.8, 4) is 10.7 Å². The van der Waals surface area contributed by atoms with E-state index in [-0.39, 0.29) is 17.1 Å². The van der Waals surface area contributed by atoms with E-state index in [1.54, 1.807) is 30.4 Å². The molecule has 3 fully saturated rings.